The first kappa shape index (κ1) is 26.6. The third-order valence-electron chi connectivity index (χ3n) is 6.60. The lowest BCUT2D eigenvalue weighted by molar-refractivity contribution is -0.274. The number of fused-ring (bicyclic) bond motifs is 2. The second-order valence-electron chi connectivity index (χ2n) is 9.14. The molecule has 0 spiro atoms. The lowest BCUT2D eigenvalue weighted by atomic mass is 10.0. The van der Waals surface area contributed by atoms with Crippen molar-refractivity contribution in [3.63, 3.8) is 0 Å². The van der Waals surface area contributed by atoms with Gasteiger partial charge in [0.05, 0.1) is 29.5 Å². The number of aromatic carboxylic acids is 1. The van der Waals surface area contributed by atoms with Gasteiger partial charge in [-0.25, -0.2) is 14.7 Å². The zero-order chi connectivity index (χ0) is 29.8. The number of halogens is 3. The highest BCUT2D eigenvalue weighted by atomic mass is 19.4. The summed E-state index contributed by atoms with van der Waals surface area (Å²) in [6.07, 6.45) is -4.85. The van der Waals surface area contributed by atoms with Crippen LogP contribution in [0.25, 0.3) is 33.7 Å². The van der Waals surface area contributed by atoms with Crippen LogP contribution in [0.5, 0.6) is 11.5 Å². The predicted molar refractivity (Wildman–Crippen MR) is 143 cm³/mol. The Morgan fingerprint density at radius 3 is 2.38 bits per heavy atom. The summed E-state index contributed by atoms with van der Waals surface area (Å²) in [7, 11) is 1.36. The van der Waals surface area contributed by atoms with E-state index < -0.39 is 29.9 Å². The van der Waals surface area contributed by atoms with Crippen LogP contribution in [0.2, 0.25) is 0 Å². The van der Waals surface area contributed by atoms with E-state index in [-0.39, 0.29) is 34.0 Å². The molecule has 2 amide bonds. The molecule has 0 aliphatic carbocycles. The summed E-state index contributed by atoms with van der Waals surface area (Å²) >= 11 is 0. The van der Waals surface area contributed by atoms with E-state index in [4.69, 9.17) is 9.15 Å². The number of alkyl halides is 3. The quantitative estimate of drug-likeness (QED) is 0.226. The van der Waals surface area contributed by atoms with Crippen molar-refractivity contribution in [3.05, 3.63) is 95.6 Å². The van der Waals surface area contributed by atoms with Crippen LogP contribution in [0.4, 0.5) is 18.9 Å². The molecule has 1 aliphatic rings. The number of carboxylic acid groups (broad SMARTS) is 1. The number of anilines is 1. The van der Waals surface area contributed by atoms with Gasteiger partial charge in [-0.15, -0.1) is 13.2 Å². The summed E-state index contributed by atoms with van der Waals surface area (Å²) in [6.45, 7) is 0. The van der Waals surface area contributed by atoms with Crippen LogP contribution in [0, 0.1) is 0 Å². The Morgan fingerprint density at radius 2 is 1.64 bits per heavy atom. The molecule has 1 N–H and O–H groups in total. The molecule has 5 aromatic rings. The van der Waals surface area contributed by atoms with Crippen molar-refractivity contribution in [1.82, 2.24) is 4.98 Å². The summed E-state index contributed by atoms with van der Waals surface area (Å²) in [6, 6.07) is 18.7. The van der Waals surface area contributed by atoms with E-state index in [0.29, 0.717) is 27.8 Å². The molecule has 9 nitrogen and oxygen atoms in total. The molecule has 6 rings (SSSR count). The Labute approximate surface area is 234 Å². The normalized spacial score (nSPS) is 13.0. The Bertz CT molecular complexity index is 1930. The van der Waals surface area contributed by atoms with Crippen molar-refractivity contribution in [2.24, 2.45) is 0 Å². The topological polar surface area (TPSA) is 119 Å². The number of carboxylic acids is 1. The Hall–Kier alpha value is -5.65. The van der Waals surface area contributed by atoms with E-state index in [1.165, 1.54) is 49.6 Å². The van der Waals surface area contributed by atoms with Crippen molar-refractivity contribution in [2.75, 3.05) is 12.0 Å². The minimum atomic E-state index is -4.85. The summed E-state index contributed by atoms with van der Waals surface area (Å²) in [5.41, 5.74) is 1.87. The number of benzene rings is 4. The molecule has 1 aromatic heterocycles. The number of amides is 2. The van der Waals surface area contributed by atoms with Crippen molar-refractivity contribution in [1.29, 1.82) is 0 Å². The first-order valence-electron chi connectivity index (χ1n) is 12.2. The molecule has 1 aliphatic heterocycles. The molecule has 12 heteroatoms. The molecular formula is C30H17F3N2O7. The average Bonchev–Trinajstić information content (AvgIpc) is 3.50. The average molecular weight is 574 g/mol. The maximum atomic E-state index is 13.3. The van der Waals surface area contributed by atoms with Crippen molar-refractivity contribution in [2.45, 2.75) is 6.36 Å². The van der Waals surface area contributed by atoms with Crippen LogP contribution in [0.15, 0.2) is 83.3 Å². The number of hydrogen-bond donors (Lipinski definition) is 1. The summed E-state index contributed by atoms with van der Waals surface area (Å²) < 4.78 is 53.7. The summed E-state index contributed by atoms with van der Waals surface area (Å²) in [5.74, 6) is -2.74. The molecule has 0 fully saturated rings. The number of methoxy groups -OCH3 is 1. The standard InChI is InChI=1S/C30H17F3N2O7/c1-40-23-11-9-16(14-22(23)35-27(36)20-10-8-17(29(38)39)13-21(20)28(35)37)26-34-25-19(6-3-7-24(25)41-26)15-4-2-5-18(12-15)42-30(31,32)33/h2-14H,1H3,(H,38,39). The number of rotatable bonds is 6. The number of carbonyl (C=O) groups is 3. The van der Waals surface area contributed by atoms with Gasteiger partial charge in [0.2, 0.25) is 5.89 Å². The number of carbonyl (C=O) groups excluding carboxylic acids is 2. The number of aromatic nitrogens is 1. The minimum absolute atomic E-state index is 0.0423. The third kappa shape index (κ3) is 4.58. The maximum absolute atomic E-state index is 13.3. The predicted octanol–water partition coefficient (Wildman–Crippen LogP) is 6.57. The molecule has 0 saturated carbocycles. The van der Waals surface area contributed by atoms with Crippen LogP contribution in [0.3, 0.4) is 0 Å². The molecule has 0 unspecified atom stereocenters. The van der Waals surface area contributed by atoms with E-state index in [1.54, 1.807) is 30.3 Å². The van der Waals surface area contributed by atoms with Crippen molar-refractivity contribution >= 4 is 34.6 Å². The fourth-order valence-corrected chi connectivity index (χ4v) is 4.76. The zero-order valence-corrected chi connectivity index (χ0v) is 21.4. The van der Waals surface area contributed by atoms with Gasteiger partial charge < -0.3 is 19.0 Å². The molecule has 0 atom stereocenters. The second kappa shape index (κ2) is 9.77. The number of para-hydroxylation sites is 1. The number of imide groups is 1. The molecule has 2 heterocycles. The number of hydrogen-bond acceptors (Lipinski definition) is 7. The highest BCUT2D eigenvalue weighted by Crippen LogP contribution is 2.40. The SMILES string of the molecule is COc1ccc(-c2nc3c(-c4cccc(OC(F)(F)F)c4)cccc3o2)cc1N1C(=O)c2ccc(C(=O)O)cc2C1=O. The van der Waals surface area contributed by atoms with Crippen LogP contribution in [0.1, 0.15) is 31.1 Å². The fraction of sp³-hybridized carbons (Fsp3) is 0.0667. The van der Waals surface area contributed by atoms with E-state index in [0.717, 1.165) is 11.0 Å². The lowest BCUT2D eigenvalue weighted by Crippen LogP contribution is -2.29. The molecule has 0 bridgehead atoms. The number of ether oxygens (including phenoxy) is 2. The Kier molecular flexibility index (Phi) is 6.18. The first-order chi connectivity index (χ1) is 20.0. The van der Waals surface area contributed by atoms with Gasteiger partial charge >= 0.3 is 12.3 Å². The van der Waals surface area contributed by atoms with Gasteiger partial charge in [-0.3, -0.25) is 9.59 Å². The third-order valence-corrected chi connectivity index (χ3v) is 6.60. The zero-order valence-electron chi connectivity index (χ0n) is 21.4. The van der Waals surface area contributed by atoms with Crippen LogP contribution < -0.4 is 14.4 Å². The number of oxazole rings is 1. The highest BCUT2D eigenvalue weighted by molar-refractivity contribution is 6.35. The second-order valence-corrected chi connectivity index (χ2v) is 9.14. The van der Waals surface area contributed by atoms with Crippen molar-refractivity contribution < 1.29 is 46.6 Å². The summed E-state index contributed by atoms with van der Waals surface area (Å²) in [4.78, 5) is 43.4. The maximum Gasteiger partial charge on any atom is 0.573 e. The van der Waals surface area contributed by atoms with Gasteiger partial charge in [0.15, 0.2) is 5.58 Å². The van der Waals surface area contributed by atoms with Crippen LogP contribution in [-0.2, 0) is 0 Å². The summed E-state index contributed by atoms with van der Waals surface area (Å²) in [5, 5.41) is 9.31. The van der Waals surface area contributed by atoms with Crippen LogP contribution >= 0.6 is 0 Å². The van der Waals surface area contributed by atoms with Gasteiger partial charge in [0, 0.05) is 11.1 Å². The van der Waals surface area contributed by atoms with E-state index in [2.05, 4.69) is 9.72 Å². The molecule has 4 aromatic carbocycles. The van der Waals surface area contributed by atoms with E-state index in [1.807, 2.05) is 0 Å². The van der Waals surface area contributed by atoms with Gasteiger partial charge in [-0.05, 0) is 60.2 Å². The monoisotopic (exact) mass is 574 g/mol. The molecular weight excluding hydrogens is 557 g/mol. The van der Waals surface area contributed by atoms with Gasteiger partial charge in [-0.1, -0.05) is 24.3 Å². The largest absolute Gasteiger partial charge is 0.573 e. The fourth-order valence-electron chi connectivity index (χ4n) is 4.76. The lowest BCUT2D eigenvalue weighted by Gasteiger charge is -2.18. The number of nitrogens with zero attached hydrogens (tertiary/aromatic N) is 2. The van der Waals surface area contributed by atoms with Crippen LogP contribution in [-0.4, -0.2) is 41.3 Å². The van der Waals surface area contributed by atoms with Gasteiger partial charge in [0.25, 0.3) is 11.8 Å². The molecule has 0 saturated heterocycles. The molecule has 42 heavy (non-hydrogen) atoms. The Balaban J connectivity index is 1.41. The highest BCUT2D eigenvalue weighted by Gasteiger charge is 2.39. The van der Waals surface area contributed by atoms with Gasteiger partial charge in [0.1, 0.15) is 17.0 Å². The Morgan fingerprint density at radius 1 is 0.881 bits per heavy atom. The molecule has 210 valence electrons. The smallest absolute Gasteiger partial charge is 0.495 e. The van der Waals surface area contributed by atoms with E-state index >= 15 is 0 Å². The van der Waals surface area contributed by atoms with Gasteiger partial charge in [-0.2, -0.15) is 0 Å². The molecule has 0 radical (unpaired) electrons. The van der Waals surface area contributed by atoms with E-state index in [9.17, 15) is 32.7 Å². The first-order valence-corrected chi connectivity index (χ1v) is 12.2. The van der Waals surface area contributed by atoms with Crippen molar-refractivity contribution in [3.8, 4) is 34.1 Å². The minimum Gasteiger partial charge on any atom is -0.495 e.